The Morgan fingerprint density at radius 3 is 2.83 bits per heavy atom. The van der Waals surface area contributed by atoms with Gasteiger partial charge in [0, 0.05) is 12.5 Å². The van der Waals surface area contributed by atoms with Crippen LogP contribution in [-0.2, 0) is 17.8 Å². The van der Waals surface area contributed by atoms with Crippen LogP contribution in [0.4, 0.5) is 5.13 Å². The van der Waals surface area contributed by atoms with E-state index in [-0.39, 0.29) is 17.7 Å². The first-order chi connectivity index (χ1) is 17.4. The largest absolute Gasteiger partial charge is 0.493 e. The molecule has 0 spiro atoms. The number of nitrogens with zero attached hydrogens (tertiary/aromatic N) is 6. The molecule has 184 valence electrons. The van der Waals surface area contributed by atoms with E-state index in [1.165, 1.54) is 46.4 Å². The van der Waals surface area contributed by atoms with Crippen molar-refractivity contribution in [3.63, 3.8) is 0 Å². The molecule has 4 rings (SSSR count). The molecule has 0 radical (unpaired) electrons. The molecule has 13 heteroatoms. The van der Waals surface area contributed by atoms with Crippen LogP contribution < -0.4 is 20.3 Å². The maximum absolute atomic E-state index is 12.6. The Labute approximate surface area is 213 Å². The third-order valence-corrected chi connectivity index (χ3v) is 6.51. The standard InChI is InChI=1S/C23H21N7O4S2/c1-4-5-19-27-28-22(36-19)26-21(32)15(11-24)8-14-6-7-17(18(9-14)33-3)34-12-16-10-20(31)30-23(25-16)35-13(2)29-30/h6-10H,4-5,12H2,1-3H3,(H,26,28,32). The van der Waals surface area contributed by atoms with E-state index >= 15 is 0 Å². The van der Waals surface area contributed by atoms with E-state index in [9.17, 15) is 14.9 Å². The molecular weight excluding hydrogens is 502 g/mol. The first-order valence-corrected chi connectivity index (χ1v) is 12.5. The van der Waals surface area contributed by atoms with Crippen LogP contribution in [0.25, 0.3) is 11.0 Å². The van der Waals surface area contributed by atoms with Crippen LogP contribution in [0.15, 0.2) is 34.6 Å². The number of hydrogen-bond acceptors (Lipinski definition) is 11. The molecule has 36 heavy (non-hydrogen) atoms. The fourth-order valence-electron chi connectivity index (χ4n) is 3.17. The summed E-state index contributed by atoms with van der Waals surface area (Å²) in [6, 6.07) is 8.26. The molecule has 11 nitrogen and oxygen atoms in total. The number of carbonyl (C=O) groups is 1. The van der Waals surface area contributed by atoms with Crippen LogP contribution in [-0.4, -0.2) is 37.8 Å². The summed E-state index contributed by atoms with van der Waals surface area (Å²) in [7, 11) is 1.48. The van der Waals surface area contributed by atoms with Gasteiger partial charge in [0.25, 0.3) is 11.5 Å². The number of rotatable bonds is 9. The number of carbonyl (C=O) groups excluding carboxylic acids is 1. The predicted octanol–water partition coefficient (Wildman–Crippen LogP) is 3.40. The third-order valence-electron chi connectivity index (χ3n) is 4.79. The number of hydrogen-bond donors (Lipinski definition) is 1. The van der Waals surface area contributed by atoms with Crippen molar-refractivity contribution >= 4 is 44.7 Å². The molecule has 0 saturated carbocycles. The van der Waals surface area contributed by atoms with Gasteiger partial charge in [0.05, 0.1) is 12.8 Å². The van der Waals surface area contributed by atoms with Crippen LogP contribution >= 0.6 is 22.7 Å². The van der Waals surface area contributed by atoms with Gasteiger partial charge in [-0.15, -0.1) is 10.2 Å². The molecule has 3 heterocycles. The van der Waals surface area contributed by atoms with Gasteiger partial charge in [0.15, 0.2) is 11.5 Å². The number of aryl methyl sites for hydroxylation is 2. The molecule has 1 N–H and O–H groups in total. The summed E-state index contributed by atoms with van der Waals surface area (Å²) >= 11 is 2.59. The van der Waals surface area contributed by atoms with Crippen LogP contribution in [0.5, 0.6) is 11.5 Å². The van der Waals surface area contributed by atoms with E-state index in [1.54, 1.807) is 25.1 Å². The van der Waals surface area contributed by atoms with Crippen LogP contribution in [0.3, 0.4) is 0 Å². The summed E-state index contributed by atoms with van der Waals surface area (Å²) in [4.78, 5) is 29.7. The smallest absolute Gasteiger partial charge is 0.275 e. The van der Waals surface area contributed by atoms with Crippen molar-refractivity contribution in [2.75, 3.05) is 12.4 Å². The zero-order valence-corrected chi connectivity index (χ0v) is 21.3. The monoisotopic (exact) mass is 523 g/mol. The summed E-state index contributed by atoms with van der Waals surface area (Å²) in [6.45, 7) is 3.88. The van der Waals surface area contributed by atoms with Crippen molar-refractivity contribution in [1.29, 1.82) is 5.26 Å². The van der Waals surface area contributed by atoms with Gasteiger partial charge in [-0.1, -0.05) is 35.7 Å². The first-order valence-electron chi connectivity index (χ1n) is 10.8. The minimum absolute atomic E-state index is 0.0436. The lowest BCUT2D eigenvalue weighted by atomic mass is 10.1. The van der Waals surface area contributed by atoms with E-state index < -0.39 is 5.91 Å². The Bertz CT molecular complexity index is 1550. The summed E-state index contributed by atoms with van der Waals surface area (Å²) in [6.07, 6.45) is 3.14. The summed E-state index contributed by atoms with van der Waals surface area (Å²) in [5.74, 6) is 0.223. The van der Waals surface area contributed by atoms with Gasteiger partial charge in [-0.05, 0) is 37.1 Å². The Morgan fingerprint density at radius 2 is 2.08 bits per heavy atom. The molecule has 4 aromatic rings. The van der Waals surface area contributed by atoms with Crippen molar-refractivity contribution in [1.82, 2.24) is 24.8 Å². The molecule has 0 aliphatic rings. The molecule has 0 aliphatic carbocycles. The number of methoxy groups -OCH3 is 1. The second kappa shape index (κ2) is 11.1. The third kappa shape index (κ3) is 5.73. The fraction of sp³-hybridized carbons (Fsp3) is 0.261. The maximum Gasteiger partial charge on any atom is 0.275 e. The second-order valence-electron chi connectivity index (χ2n) is 7.48. The summed E-state index contributed by atoms with van der Waals surface area (Å²) in [5.41, 5.74) is 0.633. The van der Waals surface area contributed by atoms with Crippen LogP contribution in [0, 0.1) is 18.3 Å². The van der Waals surface area contributed by atoms with Gasteiger partial charge >= 0.3 is 0 Å². The fourth-order valence-corrected chi connectivity index (χ4v) is 4.77. The predicted molar refractivity (Wildman–Crippen MR) is 135 cm³/mol. The van der Waals surface area contributed by atoms with Gasteiger partial charge in [-0.3, -0.25) is 14.9 Å². The number of ether oxygens (including phenoxy) is 2. The average molecular weight is 524 g/mol. The van der Waals surface area contributed by atoms with E-state index in [0.29, 0.717) is 32.8 Å². The van der Waals surface area contributed by atoms with Gasteiger partial charge < -0.3 is 9.47 Å². The highest BCUT2D eigenvalue weighted by Crippen LogP contribution is 2.30. The number of anilines is 1. The molecule has 1 aromatic carbocycles. The number of benzene rings is 1. The Kier molecular flexibility index (Phi) is 7.67. The van der Waals surface area contributed by atoms with Crippen molar-refractivity contribution in [3.8, 4) is 17.6 Å². The quantitative estimate of drug-likeness (QED) is 0.258. The lowest BCUT2D eigenvalue weighted by Crippen LogP contribution is -2.16. The van der Waals surface area contributed by atoms with E-state index in [1.807, 2.05) is 13.0 Å². The lowest BCUT2D eigenvalue weighted by Gasteiger charge is -2.11. The minimum Gasteiger partial charge on any atom is -0.493 e. The maximum atomic E-state index is 12.6. The number of aromatic nitrogens is 5. The summed E-state index contributed by atoms with van der Waals surface area (Å²) < 4.78 is 12.5. The highest BCUT2D eigenvalue weighted by molar-refractivity contribution is 7.16. The zero-order chi connectivity index (χ0) is 25.7. The number of fused-ring (bicyclic) bond motifs is 1. The molecule has 0 atom stereocenters. The molecule has 3 aromatic heterocycles. The number of amides is 1. The minimum atomic E-state index is -0.581. The highest BCUT2D eigenvalue weighted by atomic mass is 32.1. The molecule has 0 bridgehead atoms. The molecule has 0 saturated heterocycles. The van der Waals surface area contributed by atoms with Crippen molar-refractivity contribution in [2.24, 2.45) is 0 Å². The van der Waals surface area contributed by atoms with Gasteiger partial charge in [0.1, 0.15) is 28.3 Å². The Hall–Kier alpha value is -4.15. The van der Waals surface area contributed by atoms with Gasteiger partial charge in [-0.25, -0.2) is 4.98 Å². The Morgan fingerprint density at radius 1 is 1.25 bits per heavy atom. The van der Waals surface area contributed by atoms with Crippen molar-refractivity contribution < 1.29 is 14.3 Å². The van der Waals surface area contributed by atoms with Gasteiger partial charge in [-0.2, -0.15) is 14.9 Å². The second-order valence-corrected chi connectivity index (χ2v) is 9.70. The summed E-state index contributed by atoms with van der Waals surface area (Å²) in [5, 5.41) is 26.1. The first kappa shape index (κ1) is 25.0. The Balaban J connectivity index is 1.48. The van der Waals surface area contributed by atoms with E-state index in [0.717, 1.165) is 22.9 Å². The van der Waals surface area contributed by atoms with Crippen molar-refractivity contribution in [3.05, 3.63) is 61.5 Å². The number of nitrogens with one attached hydrogen (secondary N) is 1. The van der Waals surface area contributed by atoms with Gasteiger partial charge in [0.2, 0.25) is 10.1 Å². The zero-order valence-electron chi connectivity index (χ0n) is 19.6. The topological polar surface area (TPSA) is 144 Å². The average Bonchev–Trinajstić information content (AvgIpc) is 3.47. The molecule has 1 amide bonds. The molecular formula is C23H21N7O4S2. The molecule has 0 aliphatic heterocycles. The molecule has 0 fully saturated rings. The SMILES string of the molecule is CCCc1nnc(NC(=O)C(C#N)=Cc2ccc(OCc3cc(=O)n4nc(C)sc4n3)c(OC)c2)s1. The van der Waals surface area contributed by atoms with Crippen LogP contribution in [0.2, 0.25) is 0 Å². The number of nitriles is 1. The van der Waals surface area contributed by atoms with Crippen molar-refractivity contribution in [2.45, 2.75) is 33.3 Å². The highest BCUT2D eigenvalue weighted by Gasteiger charge is 2.14. The van der Waals surface area contributed by atoms with E-state index in [4.69, 9.17) is 9.47 Å². The van der Waals surface area contributed by atoms with Crippen LogP contribution in [0.1, 0.15) is 34.6 Å². The normalized spacial score (nSPS) is 11.3. The lowest BCUT2D eigenvalue weighted by molar-refractivity contribution is -0.112. The molecule has 0 unspecified atom stereocenters. The van der Waals surface area contributed by atoms with E-state index in [2.05, 4.69) is 25.6 Å².